The molecule has 0 aromatic carbocycles. The molecule has 2 heterocycles. The smallest absolute Gasteiger partial charge is 0.109 e. The Morgan fingerprint density at radius 3 is 3.18 bits per heavy atom. The number of anilines is 1. The quantitative estimate of drug-likeness (QED) is 0.864. The van der Waals surface area contributed by atoms with E-state index in [0.717, 1.165) is 30.0 Å². The van der Waals surface area contributed by atoms with E-state index in [1.54, 1.807) is 6.26 Å². The van der Waals surface area contributed by atoms with Crippen molar-refractivity contribution >= 4 is 5.69 Å². The fourth-order valence-electron chi connectivity index (χ4n) is 2.57. The Morgan fingerprint density at radius 2 is 2.41 bits per heavy atom. The van der Waals surface area contributed by atoms with Crippen molar-refractivity contribution in [2.24, 2.45) is 7.05 Å². The van der Waals surface area contributed by atoms with Gasteiger partial charge in [0.1, 0.15) is 5.76 Å². The van der Waals surface area contributed by atoms with Crippen LogP contribution >= 0.6 is 0 Å². The predicted molar refractivity (Wildman–Crippen MR) is 66.0 cm³/mol. The van der Waals surface area contributed by atoms with Gasteiger partial charge in [0, 0.05) is 25.2 Å². The first-order chi connectivity index (χ1) is 8.24. The molecule has 0 aliphatic heterocycles. The molecule has 0 saturated heterocycles. The summed E-state index contributed by atoms with van der Waals surface area (Å²) in [5.74, 6) is 1.13. The molecule has 0 fully saturated rings. The fraction of sp³-hybridized carbons (Fsp3) is 0.462. The molecule has 1 unspecified atom stereocenters. The highest BCUT2D eigenvalue weighted by molar-refractivity contribution is 5.48. The first-order valence-corrected chi connectivity index (χ1v) is 6.07. The van der Waals surface area contributed by atoms with E-state index in [2.05, 4.69) is 16.5 Å². The second-order valence-electron chi connectivity index (χ2n) is 4.69. The molecular formula is C13H17N3O. The number of hydrogen-bond donors (Lipinski definition) is 1. The largest absolute Gasteiger partial charge is 0.469 e. The van der Waals surface area contributed by atoms with Crippen molar-refractivity contribution in [2.45, 2.75) is 32.2 Å². The summed E-state index contributed by atoms with van der Waals surface area (Å²) in [6.07, 6.45) is 7.22. The molecule has 90 valence electrons. The third-order valence-electron chi connectivity index (χ3n) is 3.40. The van der Waals surface area contributed by atoms with Crippen molar-refractivity contribution in [1.29, 1.82) is 0 Å². The zero-order chi connectivity index (χ0) is 11.8. The normalized spacial score (nSPS) is 19.1. The van der Waals surface area contributed by atoms with Crippen LogP contribution in [0.4, 0.5) is 5.69 Å². The molecule has 4 heteroatoms. The third kappa shape index (κ3) is 1.84. The summed E-state index contributed by atoms with van der Waals surface area (Å²) in [6, 6.07) is 2.44. The molecule has 3 rings (SSSR count). The third-order valence-corrected chi connectivity index (χ3v) is 3.40. The van der Waals surface area contributed by atoms with Crippen LogP contribution in [0.3, 0.4) is 0 Å². The maximum absolute atomic E-state index is 5.50. The van der Waals surface area contributed by atoms with Crippen LogP contribution in [0.2, 0.25) is 0 Å². The van der Waals surface area contributed by atoms with Crippen LogP contribution in [0, 0.1) is 6.92 Å². The Bertz CT molecular complexity index is 527. The molecule has 0 amide bonds. The van der Waals surface area contributed by atoms with Gasteiger partial charge >= 0.3 is 0 Å². The van der Waals surface area contributed by atoms with Gasteiger partial charge in [-0.25, -0.2) is 0 Å². The molecule has 2 aromatic heterocycles. The van der Waals surface area contributed by atoms with Gasteiger partial charge in [-0.3, -0.25) is 4.68 Å². The highest BCUT2D eigenvalue weighted by Gasteiger charge is 2.23. The SMILES string of the molecule is Cc1nn(C)cc1NC1CCCc2occc21. The Hall–Kier alpha value is -1.71. The van der Waals surface area contributed by atoms with Crippen LogP contribution in [0.25, 0.3) is 0 Å². The van der Waals surface area contributed by atoms with Crippen LogP contribution in [0.1, 0.15) is 35.9 Å². The Labute approximate surface area is 101 Å². The van der Waals surface area contributed by atoms with Crippen molar-refractivity contribution in [3.05, 3.63) is 35.5 Å². The van der Waals surface area contributed by atoms with Gasteiger partial charge in [0.15, 0.2) is 0 Å². The zero-order valence-corrected chi connectivity index (χ0v) is 10.2. The second kappa shape index (κ2) is 3.95. The molecule has 1 aliphatic rings. The molecule has 0 bridgehead atoms. The molecule has 1 aliphatic carbocycles. The van der Waals surface area contributed by atoms with Gasteiger partial charge in [0.25, 0.3) is 0 Å². The van der Waals surface area contributed by atoms with Crippen molar-refractivity contribution in [3.63, 3.8) is 0 Å². The second-order valence-corrected chi connectivity index (χ2v) is 4.69. The first-order valence-electron chi connectivity index (χ1n) is 6.07. The molecule has 2 aromatic rings. The number of nitrogens with one attached hydrogen (secondary N) is 1. The number of hydrogen-bond acceptors (Lipinski definition) is 3. The molecule has 0 spiro atoms. The minimum Gasteiger partial charge on any atom is -0.469 e. The molecular weight excluding hydrogens is 214 g/mol. The average molecular weight is 231 g/mol. The maximum atomic E-state index is 5.50. The number of furan rings is 1. The van der Waals surface area contributed by atoms with E-state index < -0.39 is 0 Å². The lowest BCUT2D eigenvalue weighted by atomic mass is 9.93. The summed E-state index contributed by atoms with van der Waals surface area (Å²) in [6.45, 7) is 2.03. The molecule has 0 radical (unpaired) electrons. The van der Waals surface area contributed by atoms with Crippen molar-refractivity contribution in [1.82, 2.24) is 9.78 Å². The van der Waals surface area contributed by atoms with E-state index in [4.69, 9.17) is 4.42 Å². The molecule has 0 saturated carbocycles. The van der Waals surface area contributed by atoms with Crippen LogP contribution in [0.15, 0.2) is 22.9 Å². The summed E-state index contributed by atoms with van der Waals surface area (Å²) in [5.41, 5.74) is 3.47. The highest BCUT2D eigenvalue weighted by Crippen LogP contribution is 2.33. The summed E-state index contributed by atoms with van der Waals surface area (Å²) in [5, 5.41) is 7.92. The van der Waals surface area contributed by atoms with Gasteiger partial charge in [-0.2, -0.15) is 5.10 Å². The number of aromatic nitrogens is 2. The molecule has 1 atom stereocenters. The van der Waals surface area contributed by atoms with E-state index in [9.17, 15) is 0 Å². The topological polar surface area (TPSA) is 43.0 Å². The van der Waals surface area contributed by atoms with Crippen molar-refractivity contribution < 1.29 is 4.42 Å². The minimum absolute atomic E-state index is 0.361. The number of fused-ring (bicyclic) bond motifs is 1. The van der Waals surface area contributed by atoms with Crippen LogP contribution in [-0.2, 0) is 13.5 Å². The first kappa shape index (κ1) is 10.4. The number of nitrogens with zero attached hydrogens (tertiary/aromatic N) is 2. The maximum Gasteiger partial charge on any atom is 0.109 e. The van der Waals surface area contributed by atoms with Gasteiger partial charge in [-0.05, 0) is 25.8 Å². The van der Waals surface area contributed by atoms with E-state index in [1.165, 1.54) is 12.0 Å². The Morgan fingerprint density at radius 1 is 1.53 bits per heavy atom. The number of rotatable bonds is 2. The molecule has 4 nitrogen and oxygen atoms in total. The molecule has 17 heavy (non-hydrogen) atoms. The lowest BCUT2D eigenvalue weighted by Crippen LogP contribution is -2.16. The standard InChI is InChI=1S/C13H17N3O/c1-9-12(8-16(2)15-9)14-11-4-3-5-13-10(11)6-7-17-13/h6-8,11,14H,3-5H2,1-2H3. The number of aryl methyl sites for hydroxylation is 3. The van der Waals surface area contributed by atoms with Crippen molar-refractivity contribution in [3.8, 4) is 0 Å². The Balaban J connectivity index is 1.86. The van der Waals surface area contributed by atoms with Gasteiger partial charge in [-0.15, -0.1) is 0 Å². The monoisotopic (exact) mass is 231 g/mol. The summed E-state index contributed by atoms with van der Waals surface area (Å²) in [7, 11) is 1.95. The minimum atomic E-state index is 0.361. The summed E-state index contributed by atoms with van der Waals surface area (Å²) >= 11 is 0. The van der Waals surface area contributed by atoms with E-state index in [-0.39, 0.29) is 0 Å². The summed E-state index contributed by atoms with van der Waals surface area (Å²) < 4.78 is 7.34. The van der Waals surface area contributed by atoms with Gasteiger partial charge in [0.2, 0.25) is 0 Å². The van der Waals surface area contributed by atoms with E-state index in [1.807, 2.05) is 24.9 Å². The van der Waals surface area contributed by atoms with Crippen LogP contribution in [-0.4, -0.2) is 9.78 Å². The average Bonchev–Trinajstić information content (AvgIpc) is 2.87. The zero-order valence-electron chi connectivity index (χ0n) is 10.2. The van der Waals surface area contributed by atoms with Crippen molar-refractivity contribution in [2.75, 3.05) is 5.32 Å². The summed E-state index contributed by atoms with van der Waals surface area (Å²) in [4.78, 5) is 0. The highest BCUT2D eigenvalue weighted by atomic mass is 16.3. The van der Waals surface area contributed by atoms with Crippen LogP contribution in [0.5, 0.6) is 0 Å². The molecule has 1 N–H and O–H groups in total. The Kier molecular flexibility index (Phi) is 2.42. The van der Waals surface area contributed by atoms with Crippen LogP contribution < -0.4 is 5.32 Å². The van der Waals surface area contributed by atoms with E-state index >= 15 is 0 Å². The van der Waals surface area contributed by atoms with Gasteiger partial charge in [-0.1, -0.05) is 0 Å². The van der Waals surface area contributed by atoms with Gasteiger partial charge < -0.3 is 9.73 Å². The lowest BCUT2D eigenvalue weighted by Gasteiger charge is -2.23. The lowest BCUT2D eigenvalue weighted by molar-refractivity contribution is 0.461. The van der Waals surface area contributed by atoms with Gasteiger partial charge in [0.05, 0.1) is 23.7 Å². The fourth-order valence-corrected chi connectivity index (χ4v) is 2.57. The van der Waals surface area contributed by atoms with E-state index in [0.29, 0.717) is 6.04 Å². The predicted octanol–water partition coefficient (Wildman–Crippen LogP) is 2.81.